The van der Waals surface area contributed by atoms with Crippen molar-refractivity contribution in [3.63, 3.8) is 0 Å². The van der Waals surface area contributed by atoms with Crippen molar-refractivity contribution in [2.75, 3.05) is 0 Å². The second-order valence-electron chi connectivity index (χ2n) is 5.74. The smallest absolute Gasteiger partial charge is 0.0468 e. The van der Waals surface area contributed by atoms with Gasteiger partial charge in [0.1, 0.15) is 0 Å². The van der Waals surface area contributed by atoms with Crippen molar-refractivity contribution in [1.29, 1.82) is 0 Å². The molecular weight excluding hydrogens is 277 g/mol. The Morgan fingerprint density at radius 2 is 1.79 bits per heavy atom. The van der Waals surface area contributed by atoms with Crippen LogP contribution in [-0.2, 0) is 0 Å². The summed E-state index contributed by atoms with van der Waals surface area (Å²) in [6, 6.07) is 6.56. The fourth-order valence-corrected chi connectivity index (χ4v) is 3.68. The third kappa shape index (κ3) is 4.11. The van der Waals surface area contributed by atoms with Crippen molar-refractivity contribution in [1.82, 2.24) is 5.32 Å². The van der Waals surface area contributed by atoms with Crippen LogP contribution in [0.1, 0.15) is 57.6 Å². The van der Waals surface area contributed by atoms with Crippen LogP contribution in [0.25, 0.3) is 0 Å². The van der Waals surface area contributed by atoms with Crippen molar-refractivity contribution < 1.29 is 0 Å². The highest BCUT2D eigenvalue weighted by molar-refractivity contribution is 6.35. The van der Waals surface area contributed by atoms with Gasteiger partial charge in [-0.15, -0.1) is 0 Å². The molecule has 1 fully saturated rings. The summed E-state index contributed by atoms with van der Waals surface area (Å²) in [5.74, 6) is 0.808. The van der Waals surface area contributed by atoms with Gasteiger partial charge in [0.05, 0.1) is 0 Å². The van der Waals surface area contributed by atoms with Gasteiger partial charge in [0.25, 0.3) is 0 Å². The minimum absolute atomic E-state index is 0.265. The minimum Gasteiger partial charge on any atom is -0.307 e. The second-order valence-corrected chi connectivity index (χ2v) is 6.58. The Balaban J connectivity index is 1.97. The third-order valence-corrected chi connectivity index (χ3v) is 4.86. The molecule has 0 amide bonds. The highest BCUT2D eigenvalue weighted by Gasteiger charge is 2.22. The Morgan fingerprint density at radius 3 is 2.42 bits per heavy atom. The van der Waals surface area contributed by atoms with Crippen molar-refractivity contribution in [2.45, 2.75) is 58.0 Å². The number of hydrogen-bond acceptors (Lipinski definition) is 1. The van der Waals surface area contributed by atoms with Crippen molar-refractivity contribution in [2.24, 2.45) is 5.92 Å². The van der Waals surface area contributed by atoms with E-state index in [1.807, 2.05) is 18.2 Å². The number of rotatable bonds is 4. The summed E-state index contributed by atoms with van der Waals surface area (Å²) in [6.07, 6.45) is 6.88. The largest absolute Gasteiger partial charge is 0.307 e. The molecule has 0 spiro atoms. The lowest BCUT2D eigenvalue weighted by atomic mass is 9.84. The molecule has 2 atom stereocenters. The molecule has 19 heavy (non-hydrogen) atoms. The Labute approximate surface area is 126 Å². The first-order valence-electron chi connectivity index (χ1n) is 7.29. The van der Waals surface area contributed by atoms with E-state index in [1.54, 1.807) is 0 Å². The fourth-order valence-electron chi connectivity index (χ4n) is 3.11. The summed E-state index contributed by atoms with van der Waals surface area (Å²) >= 11 is 12.2. The van der Waals surface area contributed by atoms with Crippen LogP contribution >= 0.6 is 23.2 Å². The van der Waals surface area contributed by atoms with E-state index in [0.29, 0.717) is 11.1 Å². The average molecular weight is 300 g/mol. The molecule has 0 radical (unpaired) electrons. The molecule has 0 heterocycles. The van der Waals surface area contributed by atoms with Gasteiger partial charge >= 0.3 is 0 Å². The van der Waals surface area contributed by atoms with Crippen molar-refractivity contribution in [3.05, 3.63) is 33.8 Å². The van der Waals surface area contributed by atoms with Crippen LogP contribution in [0.3, 0.4) is 0 Å². The van der Waals surface area contributed by atoms with Crippen LogP contribution in [0.2, 0.25) is 10.0 Å². The van der Waals surface area contributed by atoms with Gasteiger partial charge in [-0.1, -0.05) is 48.5 Å². The van der Waals surface area contributed by atoms with Gasteiger partial charge in [-0.2, -0.15) is 0 Å². The predicted molar refractivity (Wildman–Crippen MR) is 84.0 cm³/mol. The molecule has 1 aliphatic carbocycles. The molecule has 0 aliphatic heterocycles. The first kappa shape index (κ1) is 15.2. The summed E-state index contributed by atoms with van der Waals surface area (Å²) in [5.41, 5.74) is 1.13. The second kappa shape index (κ2) is 6.97. The zero-order chi connectivity index (χ0) is 13.8. The number of halogens is 2. The minimum atomic E-state index is 0.265. The molecule has 1 aromatic carbocycles. The van der Waals surface area contributed by atoms with Crippen LogP contribution in [0, 0.1) is 5.92 Å². The molecule has 0 aromatic heterocycles. The number of hydrogen-bond donors (Lipinski definition) is 1. The fraction of sp³-hybridized carbons (Fsp3) is 0.625. The van der Waals surface area contributed by atoms with E-state index < -0.39 is 0 Å². The topological polar surface area (TPSA) is 12.0 Å². The average Bonchev–Trinajstić information content (AvgIpc) is 2.39. The predicted octanol–water partition coefficient (Wildman–Crippen LogP) is 5.61. The molecular formula is C16H23Cl2N. The van der Waals surface area contributed by atoms with E-state index >= 15 is 0 Å². The van der Waals surface area contributed by atoms with Crippen LogP contribution in [-0.4, -0.2) is 6.04 Å². The van der Waals surface area contributed by atoms with Gasteiger partial charge in [-0.05, 0) is 50.3 Å². The van der Waals surface area contributed by atoms with E-state index in [-0.39, 0.29) is 6.04 Å². The maximum atomic E-state index is 6.27. The monoisotopic (exact) mass is 299 g/mol. The normalized spacial score (nSPS) is 20.2. The summed E-state index contributed by atoms with van der Waals surface area (Å²) in [7, 11) is 0. The molecule has 1 unspecified atom stereocenters. The van der Waals surface area contributed by atoms with Crippen LogP contribution < -0.4 is 5.32 Å². The maximum Gasteiger partial charge on any atom is 0.0468 e. The van der Waals surface area contributed by atoms with Gasteiger partial charge in [0.2, 0.25) is 0 Å². The molecule has 1 aromatic rings. The highest BCUT2D eigenvalue weighted by Crippen LogP contribution is 2.30. The molecule has 3 heteroatoms. The highest BCUT2D eigenvalue weighted by atomic mass is 35.5. The first-order valence-corrected chi connectivity index (χ1v) is 8.04. The molecule has 1 aliphatic rings. The van der Waals surface area contributed by atoms with E-state index in [1.165, 1.54) is 32.1 Å². The third-order valence-electron chi connectivity index (χ3n) is 4.30. The van der Waals surface area contributed by atoms with Gasteiger partial charge in [-0.3, -0.25) is 0 Å². The Morgan fingerprint density at radius 1 is 1.11 bits per heavy atom. The molecule has 0 saturated heterocycles. The van der Waals surface area contributed by atoms with E-state index in [9.17, 15) is 0 Å². The van der Waals surface area contributed by atoms with E-state index in [2.05, 4.69) is 19.2 Å². The Kier molecular flexibility index (Phi) is 5.56. The van der Waals surface area contributed by atoms with Crippen LogP contribution in [0.4, 0.5) is 0 Å². The standard InChI is InChI=1S/C16H23Cl2N/c1-11(13-6-4-3-5-7-13)19-12(2)15-9-8-14(17)10-16(15)18/h8-13,19H,3-7H2,1-2H3/t11-,12?/m0/s1. The van der Waals surface area contributed by atoms with Crippen molar-refractivity contribution >= 4 is 23.2 Å². The first-order chi connectivity index (χ1) is 9.08. The molecule has 106 valence electrons. The molecule has 1 saturated carbocycles. The van der Waals surface area contributed by atoms with E-state index in [0.717, 1.165) is 16.5 Å². The maximum absolute atomic E-state index is 6.27. The SMILES string of the molecule is CC(N[C@@H](C)C1CCCCC1)c1ccc(Cl)cc1Cl. The Hall–Kier alpha value is -0.240. The molecule has 1 nitrogen and oxygen atoms in total. The van der Waals surface area contributed by atoms with Gasteiger partial charge in [-0.25, -0.2) is 0 Å². The van der Waals surface area contributed by atoms with Crippen LogP contribution in [0.15, 0.2) is 18.2 Å². The van der Waals surface area contributed by atoms with Gasteiger partial charge < -0.3 is 5.32 Å². The summed E-state index contributed by atoms with van der Waals surface area (Å²) in [6.45, 7) is 4.48. The lowest BCUT2D eigenvalue weighted by molar-refractivity contribution is 0.268. The lowest BCUT2D eigenvalue weighted by Crippen LogP contribution is -2.36. The zero-order valence-electron chi connectivity index (χ0n) is 11.8. The van der Waals surface area contributed by atoms with Crippen molar-refractivity contribution in [3.8, 4) is 0 Å². The molecule has 1 N–H and O–H groups in total. The summed E-state index contributed by atoms with van der Waals surface area (Å²) in [4.78, 5) is 0. The summed E-state index contributed by atoms with van der Waals surface area (Å²) in [5, 5.41) is 5.15. The molecule has 2 rings (SSSR count). The number of nitrogens with one attached hydrogen (secondary N) is 1. The lowest BCUT2D eigenvalue weighted by Gasteiger charge is -2.31. The van der Waals surface area contributed by atoms with Crippen LogP contribution in [0.5, 0.6) is 0 Å². The quantitative estimate of drug-likeness (QED) is 0.761. The zero-order valence-corrected chi connectivity index (χ0v) is 13.3. The van der Waals surface area contributed by atoms with E-state index in [4.69, 9.17) is 23.2 Å². The summed E-state index contributed by atoms with van der Waals surface area (Å²) < 4.78 is 0. The van der Waals surface area contributed by atoms with Gasteiger partial charge in [0, 0.05) is 22.1 Å². The Bertz CT molecular complexity index is 413. The molecule has 0 bridgehead atoms. The van der Waals surface area contributed by atoms with Gasteiger partial charge in [0.15, 0.2) is 0 Å². The number of benzene rings is 1.